The van der Waals surface area contributed by atoms with Crippen LogP contribution in [0.3, 0.4) is 0 Å². The molecule has 110 valence electrons. The molecule has 1 atom stereocenters. The molecule has 0 aliphatic carbocycles. The molecule has 0 fully saturated rings. The maximum Gasteiger partial charge on any atom is 0.125 e. The van der Waals surface area contributed by atoms with Gasteiger partial charge in [-0.15, -0.1) is 11.3 Å². The summed E-state index contributed by atoms with van der Waals surface area (Å²) in [6, 6.07) is 4.74. The molecule has 3 nitrogen and oxygen atoms in total. The minimum Gasteiger partial charge on any atom is -0.334 e. The van der Waals surface area contributed by atoms with E-state index in [1.807, 2.05) is 17.5 Å². The maximum atomic E-state index is 4.56. The normalized spacial score (nSPS) is 12.7. The fourth-order valence-corrected chi connectivity index (χ4v) is 3.23. The van der Waals surface area contributed by atoms with Crippen LogP contribution in [0, 0.1) is 0 Å². The average molecular weight is 291 g/mol. The molecule has 20 heavy (non-hydrogen) atoms. The van der Waals surface area contributed by atoms with Gasteiger partial charge < -0.3 is 9.88 Å². The zero-order valence-electron chi connectivity index (χ0n) is 12.5. The Balaban J connectivity index is 1.93. The number of hydrogen-bond acceptors (Lipinski definition) is 3. The summed E-state index contributed by atoms with van der Waals surface area (Å²) in [7, 11) is 0. The van der Waals surface area contributed by atoms with Crippen LogP contribution >= 0.6 is 11.3 Å². The number of aromatic nitrogens is 2. The summed E-state index contributed by atoms with van der Waals surface area (Å²) >= 11 is 1.86. The highest BCUT2D eigenvalue weighted by atomic mass is 32.1. The summed E-state index contributed by atoms with van der Waals surface area (Å²) in [6.45, 7) is 6.43. The molecule has 0 saturated carbocycles. The van der Waals surface area contributed by atoms with Crippen LogP contribution in [0.15, 0.2) is 29.9 Å². The molecule has 1 unspecified atom stereocenters. The number of nitrogens with one attached hydrogen (secondary N) is 1. The third kappa shape index (κ3) is 4.18. The van der Waals surface area contributed by atoms with Gasteiger partial charge in [-0.05, 0) is 50.6 Å². The van der Waals surface area contributed by atoms with E-state index in [4.69, 9.17) is 0 Å². The Labute approximate surface area is 126 Å². The van der Waals surface area contributed by atoms with Crippen molar-refractivity contribution in [2.45, 2.75) is 52.1 Å². The van der Waals surface area contributed by atoms with E-state index in [0.29, 0.717) is 6.04 Å². The fourth-order valence-electron chi connectivity index (χ4n) is 2.47. The first-order chi connectivity index (χ1) is 9.85. The largest absolute Gasteiger partial charge is 0.334 e. The number of thiophene rings is 1. The number of rotatable bonds is 9. The lowest BCUT2D eigenvalue weighted by atomic mass is 10.1. The molecule has 2 rings (SSSR count). The van der Waals surface area contributed by atoms with Gasteiger partial charge in [0.25, 0.3) is 0 Å². The molecule has 2 heterocycles. The summed E-state index contributed by atoms with van der Waals surface area (Å²) in [4.78, 5) is 6.04. The Bertz CT molecular complexity index is 476. The first-order valence-electron chi connectivity index (χ1n) is 7.62. The van der Waals surface area contributed by atoms with Crippen LogP contribution in [0.1, 0.15) is 49.9 Å². The highest BCUT2D eigenvalue weighted by molar-refractivity contribution is 7.09. The molecule has 0 amide bonds. The Hall–Kier alpha value is -1.13. The first kappa shape index (κ1) is 15.3. The molecule has 0 aliphatic rings. The average Bonchev–Trinajstić information content (AvgIpc) is 3.13. The monoisotopic (exact) mass is 291 g/mol. The molecule has 0 saturated heterocycles. The van der Waals surface area contributed by atoms with Gasteiger partial charge in [0.05, 0.1) is 6.04 Å². The van der Waals surface area contributed by atoms with Crippen LogP contribution in [-0.4, -0.2) is 16.1 Å². The van der Waals surface area contributed by atoms with E-state index in [1.54, 1.807) is 0 Å². The molecule has 2 aromatic rings. The number of aryl methyl sites for hydroxylation is 2. The zero-order chi connectivity index (χ0) is 14.2. The van der Waals surface area contributed by atoms with Crippen molar-refractivity contribution in [1.29, 1.82) is 0 Å². The second-order valence-electron chi connectivity index (χ2n) is 5.05. The minimum atomic E-state index is 0.380. The van der Waals surface area contributed by atoms with Crippen molar-refractivity contribution in [2.75, 3.05) is 6.54 Å². The minimum absolute atomic E-state index is 0.380. The van der Waals surface area contributed by atoms with Gasteiger partial charge in [-0.1, -0.05) is 13.0 Å². The summed E-state index contributed by atoms with van der Waals surface area (Å²) < 4.78 is 2.25. The lowest BCUT2D eigenvalue weighted by molar-refractivity contribution is 0.447. The van der Waals surface area contributed by atoms with Gasteiger partial charge in [-0.2, -0.15) is 0 Å². The predicted octanol–water partition coefficient (Wildman–Crippen LogP) is 4.03. The van der Waals surface area contributed by atoms with E-state index < -0.39 is 0 Å². The lowest BCUT2D eigenvalue weighted by Crippen LogP contribution is -2.25. The summed E-state index contributed by atoms with van der Waals surface area (Å²) in [5, 5.41) is 5.81. The second kappa shape index (κ2) is 8.22. The highest BCUT2D eigenvalue weighted by Crippen LogP contribution is 2.20. The molecule has 0 aliphatic heterocycles. The second-order valence-corrected chi connectivity index (χ2v) is 6.08. The van der Waals surface area contributed by atoms with Crippen LogP contribution in [0.25, 0.3) is 0 Å². The van der Waals surface area contributed by atoms with Crippen molar-refractivity contribution in [2.24, 2.45) is 0 Å². The Kier molecular flexibility index (Phi) is 6.27. The van der Waals surface area contributed by atoms with Crippen LogP contribution in [0.2, 0.25) is 0 Å². The van der Waals surface area contributed by atoms with Gasteiger partial charge in [0.1, 0.15) is 5.82 Å². The van der Waals surface area contributed by atoms with Gasteiger partial charge in [-0.3, -0.25) is 0 Å². The van der Waals surface area contributed by atoms with E-state index in [0.717, 1.165) is 25.9 Å². The molecular formula is C16H25N3S. The van der Waals surface area contributed by atoms with Gasteiger partial charge >= 0.3 is 0 Å². The highest BCUT2D eigenvalue weighted by Gasteiger charge is 2.15. The third-order valence-electron chi connectivity index (χ3n) is 3.54. The van der Waals surface area contributed by atoms with E-state index in [2.05, 4.69) is 52.4 Å². The van der Waals surface area contributed by atoms with E-state index in [-0.39, 0.29) is 0 Å². The number of hydrogen-bond donors (Lipinski definition) is 1. The smallest absolute Gasteiger partial charge is 0.125 e. The molecular weight excluding hydrogens is 266 g/mol. The van der Waals surface area contributed by atoms with Gasteiger partial charge in [0.15, 0.2) is 0 Å². The Morgan fingerprint density at radius 2 is 2.30 bits per heavy atom. The summed E-state index contributed by atoms with van der Waals surface area (Å²) in [5.41, 5.74) is 0. The lowest BCUT2D eigenvalue weighted by Gasteiger charge is -2.19. The SMILES string of the molecule is CCCNC(CCCc1cccs1)c1nccn1CC. The van der Waals surface area contributed by atoms with E-state index >= 15 is 0 Å². The van der Waals surface area contributed by atoms with Crippen molar-refractivity contribution in [3.63, 3.8) is 0 Å². The van der Waals surface area contributed by atoms with Crippen LogP contribution in [0.5, 0.6) is 0 Å². The van der Waals surface area contributed by atoms with Crippen molar-refractivity contribution < 1.29 is 0 Å². The quantitative estimate of drug-likeness (QED) is 0.756. The van der Waals surface area contributed by atoms with Crippen molar-refractivity contribution in [3.05, 3.63) is 40.6 Å². The number of nitrogens with zero attached hydrogens (tertiary/aromatic N) is 2. The fraction of sp³-hybridized carbons (Fsp3) is 0.562. The first-order valence-corrected chi connectivity index (χ1v) is 8.49. The molecule has 0 bridgehead atoms. The Morgan fingerprint density at radius 3 is 3.00 bits per heavy atom. The summed E-state index contributed by atoms with van der Waals surface area (Å²) in [5.74, 6) is 1.19. The third-order valence-corrected chi connectivity index (χ3v) is 4.47. The molecule has 4 heteroatoms. The number of imidazole rings is 1. The van der Waals surface area contributed by atoms with Crippen molar-refractivity contribution in [3.8, 4) is 0 Å². The van der Waals surface area contributed by atoms with E-state index in [1.165, 1.54) is 23.5 Å². The van der Waals surface area contributed by atoms with Crippen LogP contribution in [0.4, 0.5) is 0 Å². The van der Waals surface area contributed by atoms with Gasteiger partial charge in [0, 0.05) is 23.8 Å². The van der Waals surface area contributed by atoms with Crippen molar-refractivity contribution in [1.82, 2.24) is 14.9 Å². The molecule has 0 radical (unpaired) electrons. The molecule has 0 aromatic carbocycles. The zero-order valence-corrected chi connectivity index (χ0v) is 13.3. The van der Waals surface area contributed by atoms with Gasteiger partial charge in [-0.25, -0.2) is 4.98 Å². The molecule has 1 N–H and O–H groups in total. The van der Waals surface area contributed by atoms with Crippen LogP contribution in [-0.2, 0) is 13.0 Å². The molecule has 0 spiro atoms. The van der Waals surface area contributed by atoms with Crippen molar-refractivity contribution >= 4 is 11.3 Å². The van der Waals surface area contributed by atoms with Crippen LogP contribution < -0.4 is 5.32 Å². The van der Waals surface area contributed by atoms with Gasteiger partial charge in [0.2, 0.25) is 0 Å². The molecule has 2 aromatic heterocycles. The predicted molar refractivity (Wildman–Crippen MR) is 86.2 cm³/mol. The standard InChI is InChI=1S/C16H25N3S/c1-3-10-17-15(16-18-11-12-19(16)4-2)9-5-7-14-8-6-13-20-14/h6,8,11-13,15,17H,3-5,7,9-10H2,1-2H3. The topological polar surface area (TPSA) is 29.9 Å². The Morgan fingerprint density at radius 1 is 1.40 bits per heavy atom. The summed E-state index contributed by atoms with van der Waals surface area (Å²) in [6.07, 6.45) is 8.68. The maximum absolute atomic E-state index is 4.56. The van der Waals surface area contributed by atoms with E-state index in [9.17, 15) is 0 Å².